The van der Waals surface area contributed by atoms with Crippen molar-refractivity contribution >= 4 is 18.0 Å². The number of nitrogens with zero attached hydrogens (tertiary/aromatic N) is 2. The lowest BCUT2D eigenvalue weighted by Crippen LogP contribution is -2.46. The van der Waals surface area contributed by atoms with E-state index in [1.807, 2.05) is 6.92 Å². The molecule has 0 aromatic carbocycles. The second kappa shape index (κ2) is 5.68. The number of likely N-dealkylation sites (tertiary alicyclic amines) is 1. The highest BCUT2D eigenvalue weighted by molar-refractivity contribution is 5.82. The minimum atomic E-state index is -1.01. The number of amides is 2. The highest BCUT2D eigenvalue weighted by Gasteiger charge is 2.42. The second-order valence-electron chi connectivity index (χ2n) is 5.55. The van der Waals surface area contributed by atoms with E-state index in [2.05, 4.69) is 0 Å². The number of esters is 1. The van der Waals surface area contributed by atoms with Crippen LogP contribution < -0.4 is 0 Å². The first-order valence-corrected chi connectivity index (χ1v) is 6.79. The van der Waals surface area contributed by atoms with Crippen molar-refractivity contribution in [2.45, 2.75) is 25.8 Å². The molecule has 2 unspecified atom stereocenters. The topological polar surface area (TPSA) is 87.2 Å². The number of aliphatic carboxylic acids is 1. The minimum Gasteiger partial charge on any atom is -0.480 e. The summed E-state index contributed by atoms with van der Waals surface area (Å²) in [4.78, 5) is 37.8. The summed E-state index contributed by atoms with van der Waals surface area (Å²) in [6.07, 6.45) is 1.70. The van der Waals surface area contributed by atoms with Crippen molar-refractivity contribution < 1.29 is 24.2 Å². The van der Waals surface area contributed by atoms with Gasteiger partial charge in [-0.2, -0.15) is 0 Å². The van der Waals surface area contributed by atoms with Gasteiger partial charge in [-0.15, -0.1) is 0 Å². The number of carboxylic acids is 1. The fourth-order valence-corrected chi connectivity index (χ4v) is 2.65. The monoisotopic (exact) mass is 284 g/mol. The lowest BCUT2D eigenvalue weighted by Gasteiger charge is -2.26. The Morgan fingerprint density at radius 1 is 1.30 bits per heavy atom. The molecule has 1 saturated carbocycles. The zero-order chi connectivity index (χ0) is 14.9. The Bertz CT molecular complexity index is 421. The number of hydrogen-bond acceptors (Lipinski definition) is 4. The van der Waals surface area contributed by atoms with E-state index in [1.165, 1.54) is 12.0 Å². The van der Waals surface area contributed by atoms with Crippen LogP contribution in [0.25, 0.3) is 0 Å². The van der Waals surface area contributed by atoms with Crippen LogP contribution in [0.2, 0.25) is 0 Å². The first kappa shape index (κ1) is 14.6. The van der Waals surface area contributed by atoms with Crippen LogP contribution in [0, 0.1) is 11.8 Å². The van der Waals surface area contributed by atoms with Crippen molar-refractivity contribution in [3.05, 3.63) is 0 Å². The highest BCUT2D eigenvalue weighted by atomic mass is 16.5. The van der Waals surface area contributed by atoms with Gasteiger partial charge in [0.05, 0.1) is 13.0 Å². The zero-order valence-electron chi connectivity index (χ0n) is 11.7. The van der Waals surface area contributed by atoms with Gasteiger partial charge in [0.15, 0.2) is 0 Å². The summed E-state index contributed by atoms with van der Waals surface area (Å²) < 4.78 is 4.73. The molecule has 7 heteroatoms. The van der Waals surface area contributed by atoms with E-state index in [0.29, 0.717) is 13.1 Å². The molecular formula is C13H20N2O5. The van der Waals surface area contributed by atoms with Crippen molar-refractivity contribution in [1.29, 1.82) is 0 Å². The molecule has 1 N–H and O–H groups in total. The molecule has 7 nitrogen and oxygen atoms in total. The summed E-state index contributed by atoms with van der Waals surface area (Å²) in [6.45, 7) is 2.38. The lowest BCUT2D eigenvalue weighted by atomic mass is 9.99. The predicted octanol–water partition coefficient (Wildman–Crippen LogP) is 0.396. The molecule has 0 aromatic rings. The summed E-state index contributed by atoms with van der Waals surface area (Å²) in [5.41, 5.74) is 0. The predicted molar refractivity (Wildman–Crippen MR) is 69.0 cm³/mol. The molecule has 1 aliphatic carbocycles. The Labute approximate surface area is 117 Å². The maximum atomic E-state index is 12.4. The molecule has 20 heavy (non-hydrogen) atoms. The molecular weight excluding hydrogens is 264 g/mol. The third-order valence-electron chi connectivity index (χ3n) is 3.93. The van der Waals surface area contributed by atoms with E-state index in [1.54, 1.807) is 4.90 Å². The number of carbonyl (C=O) groups excluding carboxylic acids is 2. The number of rotatable bonds is 4. The van der Waals surface area contributed by atoms with Crippen molar-refractivity contribution in [1.82, 2.24) is 9.80 Å². The van der Waals surface area contributed by atoms with Gasteiger partial charge < -0.3 is 19.6 Å². The van der Waals surface area contributed by atoms with Gasteiger partial charge in [-0.05, 0) is 18.8 Å². The molecule has 0 aromatic heterocycles. The summed E-state index contributed by atoms with van der Waals surface area (Å²) in [5.74, 6) is -1.63. The standard InChI is InChI=1S/C13H20N2O5/c1-8-5-14(6-10(8)12(18)20-2)13(19)15(7-11(16)17)9-3-4-9/h8-10H,3-7H2,1-2H3,(H,16,17). The van der Waals surface area contributed by atoms with Gasteiger partial charge in [-0.3, -0.25) is 9.59 Å². The number of carbonyl (C=O) groups is 3. The van der Waals surface area contributed by atoms with Crippen LogP contribution in [-0.2, 0) is 14.3 Å². The third kappa shape index (κ3) is 3.02. The fraction of sp³-hybridized carbons (Fsp3) is 0.769. The molecule has 112 valence electrons. The molecule has 0 bridgehead atoms. The Morgan fingerprint density at radius 3 is 2.45 bits per heavy atom. The normalized spacial score (nSPS) is 25.4. The maximum Gasteiger partial charge on any atom is 0.323 e. The molecule has 2 fully saturated rings. The molecule has 1 saturated heterocycles. The van der Waals surface area contributed by atoms with E-state index in [4.69, 9.17) is 9.84 Å². The van der Waals surface area contributed by atoms with Crippen LogP contribution in [0.3, 0.4) is 0 Å². The molecule has 0 radical (unpaired) electrons. The van der Waals surface area contributed by atoms with E-state index in [9.17, 15) is 14.4 Å². The summed E-state index contributed by atoms with van der Waals surface area (Å²) in [7, 11) is 1.33. The van der Waals surface area contributed by atoms with Gasteiger partial charge >= 0.3 is 18.0 Å². The van der Waals surface area contributed by atoms with Gasteiger partial charge in [-0.25, -0.2) is 4.79 Å². The van der Waals surface area contributed by atoms with Gasteiger partial charge in [-0.1, -0.05) is 6.92 Å². The number of hydrogen-bond donors (Lipinski definition) is 1. The van der Waals surface area contributed by atoms with Crippen LogP contribution in [-0.4, -0.2) is 65.7 Å². The van der Waals surface area contributed by atoms with Crippen molar-refractivity contribution in [3.8, 4) is 0 Å². The maximum absolute atomic E-state index is 12.4. The number of methoxy groups -OCH3 is 1. The SMILES string of the molecule is COC(=O)C1CN(C(=O)N(CC(=O)O)C2CC2)CC1C. The van der Waals surface area contributed by atoms with E-state index in [-0.39, 0.29) is 36.4 Å². The third-order valence-corrected chi connectivity index (χ3v) is 3.93. The molecule has 0 spiro atoms. The average molecular weight is 284 g/mol. The van der Waals surface area contributed by atoms with E-state index >= 15 is 0 Å². The Hall–Kier alpha value is -1.79. The minimum absolute atomic E-state index is 0.0253. The van der Waals surface area contributed by atoms with Crippen LogP contribution in [0.5, 0.6) is 0 Å². The van der Waals surface area contributed by atoms with Crippen LogP contribution in [0.4, 0.5) is 4.79 Å². The van der Waals surface area contributed by atoms with Crippen LogP contribution >= 0.6 is 0 Å². The van der Waals surface area contributed by atoms with E-state index in [0.717, 1.165) is 12.8 Å². The first-order chi connectivity index (χ1) is 9.43. The molecule has 1 aliphatic heterocycles. The number of ether oxygens (including phenoxy) is 1. The number of urea groups is 1. The van der Waals surface area contributed by atoms with Gasteiger partial charge in [0.25, 0.3) is 0 Å². The lowest BCUT2D eigenvalue weighted by molar-refractivity contribution is -0.146. The molecule has 2 atom stereocenters. The Kier molecular flexibility index (Phi) is 4.15. The summed E-state index contributed by atoms with van der Waals surface area (Å²) in [5, 5.41) is 8.90. The first-order valence-electron chi connectivity index (χ1n) is 6.79. The summed E-state index contributed by atoms with van der Waals surface area (Å²) >= 11 is 0. The summed E-state index contributed by atoms with van der Waals surface area (Å²) in [6, 6.07) is -0.251. The molecule has 2 rings (SSSR count). The highest BCUT2D eigenvalue weighted by Crippen LogP contribution is 2.30. The Morgan fingerprint density at radius 2 is 1.95 bits per heavy atom. The van der Waals surface area contributed by atoms with Gasteiger partial charge in [0.1, 0.15) is 6.54 Å². The van der Waals surface area contributed by atoms with Crippen molar-refractivity contribution in [3.63, 3.8) is 0 Å². The van der Waals surface area contributed by atoms with Crippen LogP contribution in [0.1, 0.15) is 19.8 Å². The van der Waals surface area contributed by atoms with Crippen molar-refractivity contribution in [2.75, 3.05) is 26.7 Å². The van der Waals surface area contributed by atoms with Crippen LogP contribution in [0.15, 0.2) is 0 Å². The smallest absolute Gasteiger partial charge is 0.323 e. The molecule has 2 amide bonds. The molecule has 2 aliphatic rings. The second-order valence-corrected chi connectivity index (χ2v) is 5.55. The molecule has 1 heterocycles. The largest absolute Gasteiger partial charge is 0.480 e. The fourth-order valence-electron chi connectivity index (χ4n) is 2.65. The van der Waals surface area contributed by atoms with Crippen molar-refractivity contribution in [2.24, 2.45) is 11.8 Å². The van der Waals surface area contributed by atoms with E-state index < -0.39 is 5.97 Å². The average Bonchev–Trinajstić information content (AvgIpc) is 3.17. The quantitative estimate of drug-likeness (QED) is 0.755. The Balaban J connectivity index is 2.01. The number of carboxylic acid groups (broad SMARTS) is 1. The zero-order valence-corrected chi connectivity index (χ0v) is 11.7. The van der Waals surface area contributed by atoms with Gasteiger partial charge in [0.2, 0.25) is 0 Å². The van der Waals surface area contributed by atoms with Gasteiger partial charge in [0, 0.05) is 19.1 Å².